The van der Waals surface area contributed by atoms with Crippen LogP contribution in [0.15, 0.2) is 36.4 Å². The molecule has 3 heterocycles. The number of carbonyl (C=O) groups is 1. The van der Waals surface area contributed by atoms with Crippen molar-refractivity contribution in [3.8, 4) is 0 Å². The summed E-state index contributed by atoms with van der Waals surface area (Å²) in [5.74, 6) is 0.616. The van der Waals surface area contributed by atoms with Gasteiger partial charge in [-0.25, -0.2) is 9.97 Å². The van der Waals surface area contributed by atoms with E-state index in [2.05, 4.69) is 32.5 Å². The van der Waals surface area contributed by atoms with E-state index < -0.39 is 0 Å². The largest absolute Gasteiger partial charge is 0.348 e. The minimum absolute atomic E-state index is 0.0552. The van der Waals surface area contributed by atoms with Gasteiger partial charge >= 0.3 is 0 Å². The second-order valence-corrected chi connectivity index (χ2v) is 9.14. The van der Waals surface area contributed by atoms with Gasteiger partial charge in [0.25, 0.3) is 5.91 Å². The number of carbonyl (C=O) groups excluding carboxylic acids is 1. The molecule has 0 radical (unpaired) electrons. The number of rotatable bonds is 4. The van der Waals surface area contributed by atoms with E-state index in [1.165, 1.54) is 11.3 Å². The van der Waals surface area contributed by atoms with Crippen molar-refractivity contribution in [2.24, 2.45) is 7.05 Å². The number of nitrogens with one attached hydrogen (secondary N) is 2. The molecular formula is C21H21ClN6OS. The van der Waals surface area contributed by atoms with Crippen LogP contribution in [-0.2, 0) is 7.05 Å². The van der Waals surface area contributed by atoms with E-state index in [1.807, 2.05) is 48.0 Å². The molecule has 7 nitrogen and oxygen atoms in total. The first-order valence-electron chi connectivity index (χ1n) is 9.75. The number of benzene rings is 2. The SMILES string of the molecule is CN1CCC(NC(=O)c2ccc3c(c2)nc(Nc2nc4ccc(Cl)cc4s2)n3C)C1. The standard InChI is InChI=1S/C21H21ClN6OS/c1-27-8-7-14(11-27)23-19(29)12-3-6-17-16(9-12)24-20(28(17)2)26-21-25-15-5-4-13(22)10-18(15)30-21/h3-6,9-10,14H,7-8,11H2,1-2H3,(H,23,29)(H,24,25,26). The van der Waals surface area contributed by atoms with Gasteiger partial charge in [0.15, 0.2) is 5.13 Å². The Balaban J connectivity index is 1.39. The molecule has 1 aliphatic rings. The predicted octanol–water partition coefficient (Wildman–Crippen LogP) is 4.01. The van der Waals surface area contributed by atoms with Crippen LogP contribution in [-0.4, -0.2) is 51.5 Å². The van der Waals surface area contributed by atoms with E-state index in [0.29, 0.717) is 16.5 Å². The molecule has 2 aromatic heterocycles. The van der Waals surface area contributed by atoms with Crippen LogP contribution in [0.2, 0.25) is 5.02 Å². The molecule has 1 atom stereocenters. The average molecular weight is 441 g/mol. The maximum Gasteiger partial charge on any atom is 0.251 e. The molecule has 9 heteroatoms. The van der Waals surface area contributed by atoms with Crippen LogP contribution in [0.5, 0.6) is 0 Å². The molecule has 154 valence electrons. The summed E-state index contributed by atoms with van der Waals surface area (Å²) in [6.07, 6.45) is 0.982. The van der Waals surface area contributed by atoms with Crippen molar-refractivity contribution in [3.63, 3.8) is 0 Å². The molecular weight excluding hydrogens is 420 g/mol. The Morgan fingerprint density at radius 2 is 2.03 bits per heavy atom. The van der Waals surface area contributed by atoms with Crippen molar-refractivity contribution in [1.29, 1.82) is 0 Å². The Kier molecular flexibility index (Phi) is 4.85. The minimum Gasteiger partial charge on any atom is -0.348 e. The van der Waals surface area contributed by atoms with Gasteiger partial charge < -0.3 is 20.1 Å². The van der Waals surface area contributed by atoms with Gasteiger partial charge in [-0.05, 0) is 56.4 Å². The fourth-order valence-electron chi connectivity index (χ4n) is 3.82. The van der Waals surface area contributed by atoms with Gasteiger partial charge in [0.2, 0.25) is 5.95 Å². The predicted molar refractivity (Wildman–Crippen MR) is 122 cm³/mol. The summed E-state index contributed by atoms with van der Waals surface area (Å²) in [5.41, 5.74) is 3.22. The Labute approximate surface area is 182 Å². The molecule has 0 aliphatic carbocycles. The van der Waals surface area contributed by atoms with Crippen molar-refractivity contribution in [2.75, 3.05) is 25.5 Å². The summed E-state index contributed by atoms with van der Waals surface area (Å²) in [4.78, 5) is 24.2. The zero-order chi connectivity index (χ0) is 20.8. The number of hydrogen-bond donors (Lipinski definition) is 2. The van der Waals surface area contributed by atoms with Crippen molar-refractivity contribution in [1.82, 2.24) is 24.8 Å². The highest BCUT2D eigenvalue weighted by atomic mass is 35.5. The van der Waals surface area contributed by atoms with E-state index in [0.717, 1.165) is 45.9 Å². The lowest BCUT2D eigenvalue weighted by Crippen LogP contribution is -2.36. The Hall–Kier alpha value is -2.68. The molecule has 30 heavy (non-hydrogen) atoms. The second-order valence-electron chi connectivity index (χ2n) is 7.68. The normalized spacial score (nSPS) is 17.1. The number of amides is 1. The van der Waals surface area contributed by atoms with Gasteiger partial charge in [-0.15, -0.1) is 0 Å². The molecule has 1 saturated heterocycles. The molecule has 1 amide bonds. The highest BCUT2D eigenvalue weighted by Crippen LogP contribution is 2.31. The van der Waals surface area contributed by atoms with Crippen LogP contribution in [0.25, 0.3) is 21.3 Å². The smallest absolute Gasteiger partial charge is 0.251 e. The fourth-order valence-corrected chi connectivity index (χ4v) is 4.96. The number of aromatic nitrogens is 3. The number of nitrogens with zero attached hydrogens (tertiary/aromatic N) is 4. The molecule has 1 unspecified atom stereocenters. The van der Waals surface area contributed by atoms with Crippen molar-refractivity contribution in [3.05, 3.63) is 47.0 Å². The lowest BCUT2D eigenvalue weighted by Gasteiger charge is -2.12. The second kappa shape index (κ2) is 7.54. The molecule has 5 rings (SSSR count). The summed E-state index contributed by atoms with van der Waals surface area (Å²) in [7, 11) is 4.01. The molecule has 1 aliphatic heterocycles. The van der Waals surface area contributed by atoms with E-state index in [9.17, 15) is 4.79 Å². The summed E-state index contributed by atoms with van der Waals surface area (Å²) in [6, 6.07) is 11.5. The zero-order valence-electron chi connectivity index (χ0n) is 16.6. The number of fused-ring (bicyclic) bond motifs is 2. The Bertz CT molecular complexity index is 1270. The van der Waals surface area contributed by atoms with Crippen LogP contribution < -0.4 is 10.6 Å². The lowest BCUT2D eigenvalue weighted by molar-refractivity contribution is 0.0938. The van der Waals surface area contributed by atoms with Crippen LogP contribution in [0, 0.1) is 0 Å². The number of aryl methyl sites for hydroxylation is 1. The molecule has 2 aromatic carbocycles. The van der Waals surface area contributed by atoms with Crippen LogP contribution >= 0.6 is 22.9 Å². The van der Waals surface area contributed by atoms with E-state index in [1.54, 1.807) is 0 Å². The number of likely N-dealkylation sites (N-methyl/N-ethyl adjacent to an activating group) is 1. The van der Waals surface area contributed by atoms with Crippen molar-refractivity contribution in [2.45, 2.75) is 12.5 Å². The summed E-state index contributed by atoms with van der Waals surface area (Å²) < 4.78 is 2.97. The number of hydrogen-bond acceptors (Lipinski definition) is 6. The first kappa shape index (κ1) is 19.3. The van der Waals surface area contributed by atoms with Crippen LogP contribution in [0.1, 0.15) is 16.8 Å². The topological polar surface area (TPSA) is 75.1 Å². The van der Waals surface area contributed by atoms with E-state index in [-0.39, 0.29) is 11.9 Å². The van der Waals surface area contributed by atoms with Crippen molar-refractivity contribution >= 4 is 61.2 Å². The fraction of sp³-hybridized carbons (Fsp3) is 0.286. The quantitative estimate of drug-likeness (QED) is 0.501. The summed E-state index contributed by atoms with van der Waals surface area (Å²) in [5, 5.41) is 7.85. The third kappa shape index (κ3) is 3.62. The lowest BCUT2D eigenvalue weighted by atomic mass is 10.1. The van der Waals surface area contributed by atoms with Gasteiger partial charge in [0, 0.05) is 30.2 Å². The van der Waals surface area contributed by atoms with Gasteiger partial charge in [0.1, 0.15) is 0 Å². The highest BCUT2D eigenvalue weighted by Gasteiger charge is 2.22. The molecule has 0 bridgehead atoms. The van der Waals surface area contributed by atoms with E-state index >= 15 is 0 Å². The van der Waals surface area contributed by atoms with E-state index in [4.69, 9.17) is 11.6 Å². The van der Waals surface area contributed by atoms with Gasteiger partial charge in [-0.2, -0.15) is 0 Å². The number of thiazole rings is 1. The van der Waals surface area contributed by atoms with Crippen LogP contribution in [0.4, 0.5) is 11.1 Å². The third-order valence-electron chi connectivity index (χ3n) is 5.44. The first-order chi connectivity index (χ1) is 14.5. The summed E-state index contributed by atoms with van der Waals surface area (Å²) in [6.45, 7) is 1.90. The highest BCUT2D eigenvalue weighted by molar-refractivity contribution is 7.22. The van der Waals surface area contributed by atoms with Crippen LogP contribution in [0.3, 0.4) is 0 Å². The molecule has 1 fully saturated rings. The monoisotopic (exact) mass is 440 g/mol. The third-order valence-corrected chi connectivity index (χ3v) is 6.61. The number of halogens is 1. The van der Waals surface area contributed by atoms with Gasteiger partial charge in [0.05, 0.1) is 21.3 Å². The zero-order valence-corrected chi connectivity index (χ0v) is 18.2. The van der Waals surface area contributed by atoms with Gasteiger partial charge in [-0.3, -0.25) is 4.79 Å². The minimum atomic E-state index is -0.0552. The molecule has 0 spiro atoms. The average Bonchev–Trinajstić information content (AvgIpc) is 3.39. The molecule has 0 saturated carbocycles. The number of likely N-dealkylation sites (tertiary alicyclic amines) is 1. The first-order valence-corrected chi connectivity index (χ1v) is 10.9. The van der Waals surface area contributed by atoms with Gasteiger partial charge in [-0.1, -0.05) is 22.9 Å². The Morgan fingerprint density at radius 1 is 1.17 bits per heavy atom. The maximum absolute atomic E-state index is 12.7. The molecule has 2 N–H and O–H groups in total. The van der Waals surface area contributed by atoms with Crippen molar-refractivity contribution < 1.29 is 4.79 Å². The summed E-state index contributed by atoms with van der Waals surface area (Å²) >= 11 is 7.60. The maximum atomic E-state index is 12.7. The molecule has 4 aromatic rings. The number of anilines is 2. The number of imidazole rings is 1. The Morgan fingerprint density at radius 3 is 2.83 bits per heavy atom.